The fourth-order valence-electron chi connectivity index (χ4n) is 1.91. The van der Waals surface area contributed by atoms with Gasteiger partial charge in [0.15, 0.2) is 0 Å². The molecule has 1 aliphatic carbocycles. The molecule has 2 rings (SSSR count). The van der Waals surface area contributed by atoms with Crippen molar-refractivity contribution in [2.75, 3.05) is 5.75 Å². The summed E-state index contributed by atoms with van der Waals surface area (Å²) in [5, 5.41) is 14.0. The number of carbonyl (C=O) groups is 1. The van der Waals surface area contributed by atoms with Crippen LogP contribution in [-0.2, 0) is 14.8 Å². The molecule has 5 nitrogen and oxygen atoms in total. The van der Waals surface area contributed by atoms with Gasteiger partial charge in [0.1, 0.15) is 0 Å². The van der Waals surface area contributed by atoms with Gasteiger partial charge in [-0.15, -0.1) is 11.8 Å². The standard InChI is InChI=1S/C12H15NO4S2/c13-19(16,17)10-4-2-1-3-9(10)18-8-12(5-6-12)7-11(14)15/h1-4H,5-8H2,(H,14,15)(H2,13,16,17). The van der Waals surface area contributed by atoms with Gasteiger partial charge in [0.2, 0.25) is 10.0 Å². The highest BCUT2D eigenvalue weighted by Crippen LogP contribution is 2.52. The number of carboxylic acid groups (broad SMARTS) is 1. The van der Waals surface area contributed by atoms with Crippen LogP contribution in [0, 0.1) is 5.41 Å². The molecule has 0 heterocycles. The first-order chi connectivity index (χ1) is 8.82. The van der Waals surface area contributed by atoms with Crippen LogP contribution in [0.2, 0.25) is 0 Å². The van der Waals surface area contributed by atoms with Crippen LogP contribution in [-0.4, -0.2) is 25.2 Å². The number of carboxylic acids is 1. The Bertz CT molecular complexity index is 594. The van der Waals surface area contributed by atoms with Gasteiger partial charge in [-0.25, -0.2) is 13.6 Å². The average molecular weight is 301 g/mol. The van der Waals surface area contributed by atoms with Crippen LogP contribution in [0.4, 0.5) is 0 Å². The second kappa shape index (κ2) is 5.15. The normalized spacial score (nSPS) is 17.1. The van der Waals surface area contributed by atoms with Crippen LogP contribution in [0.3, 0.4) is 0 Å². The summed E-state index contributed by atoms with van der Waals surface area (Å²) < 4.78 is 22.9. The maximum Gasteiger partial charge on any atom is 0.303 e. The van der Waals surface area contributed by atoms with E-state index in [1.54, 1.807) is 18.2 Å². The van der Waals surface area contributed by atoms with Crippen molar-refractivity contribution in [2.45, 2.75) is 29.1 Å². The van der Waals surface area contributed by atoms with Gasteiger partial charge in [0, 0.05) is 10.6 Å². The van der Waals surface area contributed by atoms with Gasteiger partial charge in [-0.05, 0) is 30.4 Å². The number of hydrogen-bond donors (Lipinski definition) is 2. The predicted molar refractivity (Wildman–Crippen MR) is 72.5 cm³/mol. The van der Waals surface area contributed by atoms with Crippen molar-refractivity contribution in [3.63, 3.8) is 0 Å². The van der Waals surface area contributed by atoms with E-state index in [1.807, 2.05) is 0 Å². The van der Waals surface area contributed by atoms with Crippen molar-refractivity contribution >= 4 is 27.8 Å². The van der Waals surface area contributed by atoms with Crippen molar-refractivity contribution in [1.29, 1.82) is 0 Å². The number of primary sulfonamides is 1. The zero-order chi connectivity index (χ0) is 14.1. The summed E-state index contributed by atoms with van der Waals surface area (Å²) in [5.41, 5.74) is -0.179. The van der Waals surface area contributed by atoms with E-state index in [4.69, 9.17) is 10.2 Å². The summed E-state index contributed by atoms with van der Waals surface area (Å²) in [7, 11) is -3.74. The van der Waals surface area contributed by atoms with Gasteiger partial charge in [-0.2, -0.15) is 0 Å². The molecule has 1 aliphatic rings. The summed E-state index contributed by atoms with van der Waals surface area (Å²) in [6.45, 7) is 0. The van der Waals surface area contributed by atoms with Gasteiger partial charge >= 0.3 is 5.97 Å². The highest BCUT2D eigenvalue weighted by Gasteiger charge is 2.44. The molecule has 19 heavy (non-hydrogen) atoms. The maximum absolute atomic E-state index is 11.4. The van der Waals surface area contributed by atoms with Crippen LogP contribution < -0.4 is 5.14 Å². The van der Waals surface area contributed by atoms with E-state index in [1.165, 1.54) is 17.8 Å². The Morgan fingerprint density at radius 1 is 1.37 bits per heavy atom. The number of rotatable bonds is 6. The third-order valence-electron chi connectivity index (χ3n) is 3.17. The highest BCUT2D eigenvalue weighted by atomic mass is 32.2. The Hall–Kier alpha value is -1.05. The molecule has 0 radical (unpaired) electrons. The molecule has 0 amide bonds. The first kappa shape index (κ1) is 14.4. The van der Waals surface area contributed by atoms with Gasteiger partial charge in [-0.1, -0.05) is 12.1 Å². The van der Waals surface area contributed by atoms with Crippen LogP contribution in [0.5, 0.6) is 0 Å². The first-order valence-corrected chi connectivity index (χ1v) is 8.32. The Balaban J connectivity index is 2.11. The van der Waals surface area contributed by atoms with E-state index in [9.17, 15) is 13.2 Å². The Labute approximate surface area is 116 Å². The second-order valence-electron chi connectivity index (χ2n) is 4.85. The number of sulfonamides is 1. The lowest BCUT2D eigenvalue weighted by molar-refractivity contribution is -0.138. The molecule has 1 aromatic rings. The van der Waals surface area contributed by atoms with Gasteiger partial charge in [0.25, 0.3) is 0 Å². The van der Waals surface area contributed by atoms with Crippen molar-refractivity contribution in [3.8, 4) is 0 Å². The molecule has 1 fully saturated rings. The molecule has 0 aliphatic heterocycles. The highest BCUT2D eigenvalue weighted by molar-refractivity contribution is 8.00. The molecule has 0 atom stereocenters. The number of hydrogen-bond acceptors (Lipinski definition) is 4. The summed E-state index contributed by atoms with van der Waals surface area (Å²) in [6.07, 6.45) is 1.89. The number of aliphatic carboxylic acids is 1. The molecule has 0 aromatic heterocycles. The molecule has 0 bridgehead atoms. The fourth-order valence-corrected chi connectivity index (χ4v) is 4.28. The SMILES string of the molecule is NS(=O)(=O)c1ccccc1SCC1(CC(=O)O)CC1. The minimum Gasteiger partial charge on any atom is -0.481 e. The van der Waals surface area contributed by atoms with Crippen molar-refractivity contribution in [2.24, 2.45) is 10.6 Å². The first-order valence-electron chi connectivity index (χ1n) is 5.79. The van der Waals surface area contributed by atoms with E-state index in [0.717, 1.165) is 12.8 Å². The molecule has 0 spiro atoms. The smallest absolute Gasteiger partial charge is 0.303 e. The summed E-state index contributed by atoms with van der Waals surface area (Å²) in [4.78, 5) is 11.5. The number of benzene rings is 1. The van der Waals surface area contributed by atoms with E-state index in [2.05, 4.69) is 0 Å². The van der Waals surface area contributed by atoms with Crippen LogP contribution in [0.25, 0.3) is 0 Å². The maximum atomic E-state index is 11.4. The van der Waals surface area contributed by atoms with Gasteiger partial charge in [0.05, 0.1) is 11.3 Å². The topological polar surface area (TPSA) is 97.5 Å². The van der Waals surface area contributed by atoms with E-state index < -0.39 is 16.0 Å². The molecule has 104 valence electrons. The minimum absolute atomic E-state index is 0.103. The minimum atomic E-state index is -3.74. The number of nitrogens with two attached hydrogens (primary N) is 1. The number of thioether (sulfide) groups is 1. The summed E-state index contributed by atoms with van der Waals surface area (Å²) in [6, 6.07) is 6.53. The summed E-state index contributed by atoms with van der Waals surface area (Å²) in [5.74, 6) is -0.205. The van der Waals surface area contributed by atoms with E-state index >= 15 is 0 Å². The largest absolute Gasteiger partial charge is 0.481 e. The predicted octanol–water partition coefficient (Wildman–Crippen LogP) is 1.68. The second-order valence-corrected chi connectivity index (χ2v) is 7.40. The molecular weight excluding hydrogens is 286 g/mol. The molecule has 1 aromatic carbocycles. The zero-order valence-corrected chi connectivity index (χ0v) is 11.8. The van der Waals surface area contributed by atoms with Crippen molar-refractivity contribution < 1.29 is 18.3 Å². The third kappa shape index (κ3) is 3.71. The fraction of sp³-hybridized carbons (Fsp3) is 0.417. The third-order valence-corrected chi connectivity index (χ3v) is 5.69. The lowest BCUT2D eigenvalue weighted by Crippen LogP contribution is -2.14. The molecule has 1 saturated carbocycles. The summed E-state index contributed by atoms with van der Waals surface area (Å²) >= 11 is 1.36. The van der Waals surface area contributed by atoms with Crippen LogP contribution in [0.15, 0.2) is 34.1 Å². The van der Waals surface area contributed by atoms with Crippen molar-refractivity contribution in [1.82, 2.24) is 0 Å². The Kier molecular flexibility index (Phi) is 3.89. The van der Waals surface area contributed by atoms with E-state index in [-0.39, 0.29) is 16.7 Å². The monoisotopic (exact) mass is 301 g/mol. The molecule has 3 N–H and O–H groups in total. The lowest BCUT2D eigenvalue weighted by Gasteiger charge is -2.13. The van der Waals surface area contributed by atoms with Gasteiger partial charge < -0.3 is 5.11 Å². The zero-order valence-electron chi connectivity index (χ0n) is 10.2. The van der Waals surface area contributed by atoms with Crippen molar-refractivity contribution in [3.05, 3.63) is 24.3 Å². The van der Waals surface area contributed by atoms with E-state index in [0.29, 0.717) is 10.6 Å². The van der Waals surface area contributed by atoms with Crippen LogP contribution >= 0.6 is 11.8 Å². The lowest BCUT2D eigenvalue weighted by atomic mass is 10.1. The molecular formula is C12H15NO4S2. The Morgan fingerprint density at radius 3 is 2.53 bits per heavy atom. The van der Waals surface area contributed by atoms with Crippen LogP contribution in [0.1, 0.15) is 19.3 Å². The molecule has 0 saturated heterocycles. The quantitative estimate of drug-likeness (QED) is 0.779. The average Bonchev–Trinajstić information content (AvgIpc) is 3.05. The molecule has 0 unspecified atom stereocenters. The Morgan fingerprint density at radius 2 is 2.00 bits per heavy atom. The molecule has 7 heteroatoms. The van der Waals surface area contributed by atoms with Gasteiger partial charge in [-0.3, -0.25) is 4.79 Å².